The predicted molar refractivity (Wildman–Crippen MR) is 97.9 cm³/mol. The van der Waals surface area contributed by atoms with Crippen molar-refractivity contribution in [3.63, 3.8) is 0 Å². The number of hydrazone groups is 1. The molecule has 0 saturated heterocycles. The molecular weight excluding hydrogens is 396 g/mol. The van der Waals surface area contributed by atoms with Crippen molar-refractivity contribution in [3.05, 3.63) is 57.0 Å². The van der Waals surface area contributed by atoms with Gasteiger partial charge in [-0.05, 0) is 51.3 Å². The summed E-state index contributed by atoms with van der Waals surface area (Å²) in [5.41, 5.74) is 4.10. The number of amides is 1. The fraction of sp³-hybridized carbons (Fsp3) is 0.176. The second-order valence-electron chi connectivity index (χ2n) is 4.88. The maximum absolute atomic E-state index is 10.8. The van der Waals surface area contributed by atoms with E-state index in [9.17, 15) is 4.79 Å². The summed E-state index contributed by atoms with van der Waals surface area (Å²) >= 11 is 9.34. The zero-order valence-electron chi connectivity index (χ0n) is 13.2. The Bertz CT molecular complexity index is 748. The molecule has 0 saturated carbocycles. The van der Waals surface area contributed by atoms with E-state index < -0.39 is 0 Å². The monoisotopic (exact) mass is 410 g/mol. The Labute approximate surface area is 153 Å². The van der Waals surface area contributed by atoms with Gasteiger partial charge in [0.15, 0.2) is 11.5 Å². The van der Waals surface area contributed by atoms with E-state index in [1.807, 2.05) is 30.3 Å². The van der Waals surface area contributed by atoms with Crippen molar-refractivity contribution in [3.8, 4) is 11.5 Å². The number of ether oxygens (including phenoxy) is 2. The summed E-state index contributed by atoms with van der Waals surface area (Å²) in [6, 6.07) is 11.0. The summed E-state index contributed by atoms with van der Waals surface area (Å²) in [6.45, 7) is 1.77. The summed E-state index contributed by atoms with van der Waals surface area (Å²) in [6.07, 6.45) is 1.53. The fourth-order valence-corrected chi connectivity index (χ4v) is 2.59. The van der Waals surface area contributed by atoms with E-state index in [1.165, 1.54) is 13.1 Å². The Morgan fingerprint density at radius 1 is 1.33 bits per heavy atom. The van der Waals surface area contributed by atoms with Gasteiger partial charge in [0.1, 0.15) is 6.61 Å². The Balaban J connectivity index is 2.15. The highest BCUT2D eigenvalue weighted by atomic mass is 79.9. The molecule has 0 heterocycles. The van der Waals surface area contributed by atoms with E-state index >= 15 is 0 Å². The third kappa shape index (κ3) is 5.25. The van der Waals surface area contributed by atoms with Gasteiger partial charge in [-0.1, -0.05) is 23.7 Å². The molecule has 0 unspecified atom stereocenters. The summed E-state index contributed by atoms with van der Waals surface area (Å²) in [7, 11) is 1.56. The van der Waals surface area contributed by atoms with E-state index in [4.69, 9.17) is 21.1 Å². The first kappa shape index (κ1) is 18.3. The van der Waals surface area contributed by atoms with Crippen LogP contribution in [0.3, 0.4) is 0 Å². The topological polar surface area (TPSA) is 59.9 Å². The van der Waals surface area contributed by atoms with Crippen molar-refractivity contribution in [2.24, 2.45) is 5.10 Å². The van der Waals surface area contributed by atoms with Gasteiger partial charge in [0.05, 0.1) is 17.8 Å². The van der Waals surface area contributed by atoms with Crippen LogP contribution in [0.15, 0.2) is 46.0 Å². The number of carbonyl (C=O) groups is 1. The van der Waals surface area contributed by atoms with Crippen LogP contribution in [0, 0.1) is 0 Å². The number of hydrogen-bond donors (Lipinski definition) is 1. The minimum atomic E-state index is -0.236. The van der Waals surface area contributed by atoms with Crippen molar-refractivity contribution in [2.75, 3.05) is 7.11 Å². The number of nitrogens with one attached hydrogen (secondary N) is 1. The van der Waals surface area contributed by atoms with Gasteiger partial charge in [-0.2, -0.15) is 5.10 Å². The molecule has 0 spiro atoms. The van der Waals surface area contributed by atoms with E-state index in [0.717, 1.165) is 15.6 Å². The van der Waals surface area contributed by atoms with E-state index in [2.05, 4.69) is 26.5 Å². The average Bonchev–Trinajstić information content (AvgIpc) is 2.54. The molecule has 0 fully saturated rings. The number of benzene rings is 2. The normalized spacial score (nSPS) is 10.7. The first-order valence-electron chi connectivity index (χ1n) is 7.04. The molecule has 5 nitrogen and oxygen atoms in total. The van der Waals surface area contributed by atoms with Crippen molar-refractivity contribution in [2.45, 2.75) is 13.5 Å². The molecule has 7 heteroatoms. The van der Waals surface area contributed by atoms with Crippen LogP contribution in [0.2, 0.25) is 5.02 Å². The smallest absolute Gasteiger partial charge is 0.236 e. The molecule has 0 aromatic heterocycles. The summed E-state index contributed by atoms with van der Waals surface area (Å²) < 4.78 is 12.0. The van der Waals surface area contributed by atoms with Gasteiger partial charge >= 0.3 is 0 Å². The lowest BCUT2D eigenvalue weighted by molar-refractivity contribution is -0.118. The molecular formula is C17H16BrClN2O3. The third-order valence-electron chi connectivity index (χ3n) is 2.98. The lowest BCUT2D eigenvalue weighted by atomic mass is 10.2. The molecule has 0 atom stereocenters. The maximum Gasteiger partial charge on any atom is 0.236 e. The number of nitrogens with zero attached hydrogens (tertiary/aromatic N) is 1. The molecule has 0 radical (unpaired) electrons. The van der Waals surface area contributed by atoms with Gasteiger partial charge in [0, 0.05) is 11.9 Å². The molecule has 0 bridgehead atoms. The average molecular weight is 412 g/mol. The minimum Gasteiger partial charge on any atom is -0.493 e. The second kappa shape index (κ2) is 8.70. The summed E-state index contributed by atoms with van der Waals surface area (Å²) in [4.78, 5) is 10.8. The zero-order valence-corrected chi connectivity index (χ0v) is 15.5. The van der Waals surface area contributed by atoms with E-state index in [0.29, 0.717) is 23.1 Å². The largest absolute Gasteiger partial charge is 0.493 e. The van der Waals surface area contributed by atoms with Crippen molar-refractivity contribution in [1.82, 2.24) is 5.43 Å². The number of carbonyl (C=O) groups excluding carboxylic acids is 1. The fourth-order valence-electron chi connectivity index (χ4n) is 1.89. The Morgan fingerprint density at radius 2 is 2.04 bits per heavy atom. The molecule has 2 aromatic carbocycles. The molecule has 0 aliphatic carbocycles. The van der Waals surface area contributed by atoms with Gasteiger partial charge in [-0.15, -0.1) is 0 Å². The molecule has 0 aliphatic heterocycles. The van der Waals surface area contributed by atoms with Crippen molar-refractivity contribution in [1.29, 1.82) is 0 Å². The van der Waals surface area contributed by atoms with Crippen LogP contribution in [-0.2, 0) is 11.4 Å². The van der Waals surface area contributed by atoms with Crippen molar-refractivity contribution >= 4 is 39.7 Å². The molecule has 1 N–H and O–H groups in total. The Kier molecular flexibility index (Phi) is 6.63. The predicted octanol–water partition coefficient (Wildman–Crippen LogP) is 4.16. The standard InChI is InChI=1S/C17H16BrClN2O3/c1-11(22)21-20-9-13-7-15(18)17(16(8-13)23-2)24-10-12-3-5-14(19)6-4-12/h3-9H,10H2,1-2H3,(H,21,22)/b20-9-. The van der Waals surface area contributed by atoms with Crippen LogP contribution in [0.5, 0.6) is 11.5 Å². The van der Waals surface area contributed by atoms with Gasteiger partial charge in [-0.3, -0.25) is 4.79 Å². The lowest BCUT2D eigenvalue weighted by Gasteiger charge is -2.13. The van der Waals surface area contributed by atoms with Crippen LogP contribution >= 0.6 is 27.5 Å². The highest BCUT2D eigenvalue weighted by Gasteiger charge is 2.11. The first-order valence-corrected chi connectivity index (χ1v) is 8.21. The molecule has 2 aromatic rings. The first-order chi connectivity index (χ1) is 11.5. The van der Waals surface area contributed by atoms with Crippen LogP contribution in [0.25, 0.3) is 0 Å². The van der Waals surface area contributed by atoms with E-state index in [1.54, 1.807) is 13.2 Å². The summed E-state index contributed by atoms with van der Waals surface area (Å²) in [5, 5.41) is 4.52. The third-order valence-corrected chi connectivity index (χ3v) is 3.82. The second-order valence-corrected chi connectivity index (χ2v) is 6.17. The van der Waals surface area contributed by atoms with Gasteiger partial charge in [-0.25, -0.2) is 5.43 Å². The lowest BCUT2D eigenvalue weighted by Crippen LogP contribution is -2.12. The number of rotatable bonds is 6. The maximum atomic E-state index is 10.8. The molecule has 126 valence electrons. The highest BCUT2D eigenvalue weighted by Crippen LogP contribution is 2.36. The number of methoxy groups -OCH3 is 1. The number of hydrogen-bond acceptors (Lipinski definition) is 4. The van der Waals surface area contributed by atoms with Gasteiger partial charge < -0.3 is 9.47 Å². The number of halogens is 2. The summed E-state index contributed by atoms with van der Waals surface area (Å²) in [5.74, 6) is 0.909. The van der Waals surface area contributed by atoms with Gasteiger partial charge in [0.25, 0.3) is 0 Å². The van der Waals surface area contributed by atoms with Crippen molar-refractivity contribution < 1.29 is 14.3 Å². The molecule has 2 rings (SSSR count). The quantitative estimate of drug-likeness (QED) is 0.573. The minimum absolute atomic E-state index is 0.236. The van der Waals surface area contributed by atoms with Crippen LogP contribution < -0.4 is 14.9 Å². The Hall–Kier alpha value is -2.05. The van der Waals surface area contributed by atoms with Crippen LogP contribution in [0.1, 0.15) is 18.1 Å². The van der Waals surface area contributed by atoms with Gasteiger partial charge in [0.2, 0.25) is 5.91 Å². The molecule has 24 heavy (non-hydrogen) atoms. The molecule has 0 aliphatic rings. The highest BCUT2D eigenvalue weighted by molar-refractivity contribution is 9.10. The Morgan fingerprint density at radius 3 is 2.67 bits per heavy atom. The SMILES string of the molecule is COc1cc(/C=N\NC(C)=O)cc(Br)c1OCc1ccc(Cl)cc1. The molecule has 1 amide bonds. The van der Waals surface area contributed by atoms with E-state index in [-0.39, 0.29) is 5.91 Å². The van der Waals surface area contributed by atoms with Crippen LogP contribution in [-0.4, -0.2) is 19.2 Å². The van der Waals surface area contributed by atoms with Crippen LogP contribution in [0.4, 0.5) is 0 Å². The zero-order chi connectivity index (χ0) is 17.5.